The molecule has 2 aliphatic rings. The zero-order chi connectivity index (χ0) is 19.7. The van der Waals surface area contributed by atoms with Crippen molar-refractivity contribution >= 4 is 27.5 Å². The van der Waals surface area contributed by atoms with Crippen molar-refractivity contribution in [2.45, 2.75) is 10.5 Å². The summed E-state index contributed by atoms with van der Waals surface area (Å²) >= 11 is 3.94. The van der Waals surface area contributed by atoms with Crippen LogP contribution in [0.3, 0.4) is 0 Å². The molecule has 0 N–H and O–H groups in total. The summed E-state index contributed by atoms with van der Waals surface area (Å²) < 4.78 is 11.4. The van der Waals surface area contributed by atoms with E-state index < -0.39 is 4.45 Å². The Bertz CT molecular complexity index is 1030. The highest BCUT2D eigenvalue weighted by molar-refractivity contribution is 9.09. The molecule has 3 aromatic carbocycles. The number of anilines is 1. The molecule has 2 aliphatic heterocycles. The number of hydrogen-bond acceptors (Lipinski definition) is 4. The molecule has 29 heavy (non-hydrogen) atoms. The normalized spacial score (nSPS) is 23.7. The Morgan fingerprint density at radius 1 is 0.931 bits per heavy atom. The van der Waals surface area contributed by atoms with Crippen molar-refractivity contribution in [3.8, 4) is 0 Å². The van der Waals surface area contributed by atoms with Crippen molar-refractivity contribution < 1.29 is 9.47 Å². The van der Waals surface area contributed by atoms with Gasteiger partial charge in [-0.2, -0.15) is 0 Å². The molecule has 0 spiro atoms. The van der Waals surface area contributed by atoms with Crippen molar-refractivity contribution in [3.63, 3.8) is 0 Å². The molecule has 0 bridgehead atoms. The monoisotopic (exact) mass is 448 g/mol. The molecule has 0 amide bonds. The second-order valence-corrected chi connectivity index (χ2v) is 8.56. The van der Waals surface area contributed by atoms with E-state index in [9.17, 15) is 0 Å². The third-order valence-corrected chi connectivity index (χ3v) is 6.51. The molecule has 0 aromatic heterocycles. The SMILES string of the molecule is Br[C@]1(c2ccccc2)COCN1c1cccc(C2=N[C@H](c3ccccc3)CO2)c1. The molecule has 0 aliphatic carbocycles. The van der Waals surface area contributed by atoms with Crippen molar-refractivity contribution in [2.24, 2.45) is 4.99 Å². The molecule has 2 atom stereocenters. The van der Waals surface area contributed by atoms with Gasteiger partial charge in [0.05, 0.1) is 6.61 Å². The van der Waals surface area contributed by atoms with E-state index >= 15 is 0 Å². The van der Waals surface area contributed by atoms with E-state index in [1.54, 1.807) is 0 Å². The minimum atomic E-state index is -0.391. The molecule has 0 saturated carbocycles. The highest BCUT2D eigenvalue weighted by atomic mass is 79.9. The van der Waals surface area contributed by atoms with Crippen molar-refractivity contribution in [1.29, 1.82) is 0 Å². The Balaban J connectivity index is 1.45. The zero-order valence-corrected chi connectivity index (χ0v) is 17.5. The first-order valence-corrected chi connectivity index (χ1v) is 10.5. The lowest BCUT2D eigenvalue weighted by atomic mass is 10.1. The molecule has 1 fully saturated rings. The van der Waals surface area contributed by atoms with E-state index in [0.29, 0.717) is 25.8 Å². The standard InChI is InChI=1S/C24H21BrN2O2/c25-24(20-11-5-2-6-12-20)16-28-17-27(24)21-13-7-10-19(14-21)23-26-22(15-29-23)18-8-3-1-4-9-18/h1-14,22H,15-17H2/t22-,24+/m0/s1. The molecular weight excluding hydrogens is 428 g/mol. The third kappa shape index (κ3) is 3.45. The summed E-state index contributed by atoms with van der Waals surface area (Å²) in [6.07, 6.45) is 0. The minimum absolute atomic E-state index is 0.0459. The van der Waals surface area contributed by atoms with Gasteiger partial charge in [-0.25, -0.2) is 4.99 Å². The lowest BCUT2D eigenvalue weighted by Crippen LogP contribution is -2.37. The number of alkyl halides is 1. The summed E-state index contributed by atoms with van der Waals surface area (Å²) in [7, 11) is 0. The Morgan fingerprint density at radius 3 is 2.48 bits per heavy atom. The maximum Gasteiger partial charge on any atom is 0.216 e. The van der Waals surface area contributed by atoms with Gasteiger partial charge < -0.3 is 14.4 Å². The number of hydrogen-bond donors (Lipinski definition) is 0. The lowest BCUT2D eigenvalue weighted by Gasteiger charge is -2.33. The fraction of sp³-hybridized carbons (Fsp3) is 0.208. The van der Waals surface area contributed by atoms with Crippen molar-refractivity contribution in [3.05, 3.63) is 102 Å². The van der Waals surface area contributed by atoms with E-state index in [4.69, 9.17) is 14.5 Å². The van der Waals surface area contributed by atoms with E-state index in [2.05, 4.69) is 69.4 Å². The molecular formula is C24H21BrN2O2. The number of benzene rings is 3. The van der Waals surface area contributed by atoms with Crippen LogP contribution in [-0.2, 0) is 13.9 Å². The Hall–Kier alpha value is -2.63. The Kier molecular flexibility index (Phi) is 4.86. The van der Waals surface area contributed by atoms with Crippen molar-refractivity contribution in [2.75, 3.05) is 24.8 Å². The molecule has 5 rings (SSSR count). The number of aliphatic imine (C=N–C) groups is 1. The molecule has 0 unspecified atom stereocenters. The molecule has 4 nitrogen and oxygen atoms in total. The highest BCUT2D eigenvalue weighted by Crippen LogP contribution is 2.42. The van der Waals surface area contributed by atoms with Gasteiger partial charge in [0.25, 0.3) is 0 Å². The van der Waals surface area contributed by atoms with Gasteiger partial charge in [0, 0.05) is 11.3 Å². The Morgan fingerprint density at radius 2 is 1.69 bits per heavy atom. The van der Waals surface area contributed by atoms with E-state index in [0.717, 1.165) is 11.3 Å². The predicted octanol–water partition coefficient (Wildman–Crippen LogP) is 5.25. The lowest BCUT2D eigenvalue weighted by molar-refractivity contribution is 0.191. The predicted molar refractivity (Wildman–Crippen MR) is 118 cm³/mol. The average molecular weight is 449 g/mol. The Labute approximate surface area is 178 Å². The van der Waals surface area contributed by atoms with E-state index in [-0.39, 0.29) is 6.04 Å². The number of ether oxygens (including phenoxy) is 2. The van der Waals surface area contributed by atoms with Crippen LogP contribution in [0.4, 0.5) is 5.69 Å². The summed E-state index contributed by atoms with van der Waals surface area (Å²) in [6.45, 7) is 1.67. The first-order chi connectivity index (χ1) is 14.2. The van der Waals surface area contributed by atoms with E-state index in [1.165, 1.54) is 11.1 Å². The van der Waals surface area contributed by atoms with Gasteiger partial charge in [-0.3, -0.25) is 0 Å². The summed E-state index contributed by atoms with van der Waals surface area (Å²) in [5, 5.41) is 0. The van der Waals surface area contributed by atoms with Gasteiger partial charge in [-0.15, -0.1) is 0 Å². The summed E-state index contributed by atoms with van der Waals surface area (Å²) in [5.74, 6) is 0.695. The van der Waals surface area contributed by atoms with Gasteiger partial charge in [-0.05, 0) is 29.3 Å². The van der Waals surface area contributed by atoms with Crippen LogP contribution in [0.15, 0.2) is 89.9 Å². The molecule has 5 heteroatoms. The minimum Gasteiger partial charge on any atom is -0.475 e. The first kappa shape index (κ1) is 18.4. The van der Waals surface area contributed by atoms with Crippen LogP contribution in [0.5, 0.6) is 0 Å². The summed E-state index contributed by atoms with van der Waals surface area (Å²) in [6, 6.07) is 29.0. The largest absolute Gasteiger partial charge is 0.475 e. The van der Waals surface area contributed by atoms with Gasteiger partial charge in [-0.1, -0.05) is 82.7 Å². The smallest absolute Gasteiger partial charge is 0.216 e. The first-order valence-electron chi connectivity index (χ1n) is 9.70. The van der Waals surface area contributed by atoms with Crippen LogP contribution >= 0.6 is 15.9 Å². The van der Waals surface area contributed by atoms with Crippen LogP contribution in [0.2, 0.25) is 0 Å². The van der Waals surface area contributed by atoms with Gasteiger partial charge in [0.2, 0.25) is 5.90 Å². The van der Waals surface area contributed by atoms with Gasteiger partial charge in [0.1, 0.15) is 23.8 Å². The molecule has 0 radical (unpaired) electrons. The molecule has 1 saturated heterocycles. The average Bonchev–Trinajstić information content (AvgIpc) is 3.43. The maximum absolute atomic E-state index is 5.95. The van der Waals surface area contributed by atoms with Gasteiger partial charge >= 0.3 is 0 Å². The van der Waals surface area contributed by atoms with Crippen LogP contribution < -0.4 is 4.90 Å². The van der Waals surface area contributed by atoms with E-state index in [1.807, 2.05) is 36.4 Å². The topological polar surface area (TPSA) is 34.1 Å². The van der Waals surface area contributed by atoms with Crippen LogP contribution in [0.1, 0.15) is 22.7 Å². The maximum atomic E-state index is 5.95. The van der Waals surface area contributed by atoms with Crippen LogP contribution in [0, 0.1) is 0 Å². The zero-order valence-electron chi connectivity index (χ0n) is 15.9. The number of rotatable bonds is 4. The fourth-order valence-corrected chi connectivity index (χ4v) is 4.58. The number of nitrogens with zero attached hydrogens (tertiary/aromatic N) is 2. The summed E-state index contributed by atoms with van der Waals surface area (Å²) in [5.41, 5.74) is 4.39. The number of halogens is 1. The van der Waals surface area contributed by atoms with Crippen LogP contribution in [-0.4, -0.2) is 25.8 Å². The third-order valence-electron chi connectivity index (χ3n) is 5.40. The molecule has 3 aromatic rings. The summed E-state index contributed by atoms with van der Waals surface area (Å²) in [4.78, 5) is 7.06. The second-order valence-electron chi connectivity index (χ2n) is 7.25. The highest BCUT2D eigenvalue weighted by Gasteiger charge is 2.41. The molecule has 146 valence electrons. The second kappa shape index (κ2) is 7.65. The van der Waals surface area contributed by atoms with Crippen LogP contribution in [0.25, 0.3) is 0 Å². The molecule has 2 heterocycles. The van der Waals surface area contributed by atoms with Gasteiger partial charge in [0.15, 0.2) is 0 Å². The fourth-order valence-electron chi connectivity index (χ4n) is 3.85. The quantitative estimate of drug-likeness (QED) is 0.403. The van der Waals surface area contributed by atoms with Crippen molar-refractivity contribution in [1.82, 2.24) is 0 Å².